The molecule has 1 fully saturated rings. The lowest BCUT2D eigenvalue weighted by atomic mass is 10.2. The van der Waals surface area contributed by atoms with E-state index >= 15 is 0 Å². The van der Waals surface area contributed by atoms with Gasteiger partial charge in [-0.3, -0.25) is 0 Å². The number of nitrogens with two attached hydrogens (primary N) is 1. The molecule has 0 saturated carbocycles. The van der Waals surface area contributed by atoms with Crippen LogP contribution in [0.4, 0.5) is 0 Å². The van der Waals surface area contributed by atoms with Gasteiger partial charge in [0.1, 0.15) is 0 Å². The van der Waals surface area contributed by atoms with Crippen molar-refractivity contribution in [1.82, 2.24) is 9.62 Å². The molecule has 1 aliphatic rings. The van der Waals surface area contributed by atoms with Gasteiger partial charge in [-0.05, 0) is 37.0 Å². The van der Waals surface area contributed by atoms with E-state index in [9.17, 15) is 8.42 Å². The molecule has 1 aliphatic heterocycles. The fraction of sp³-hybridized carbons (Fsp3) is 0.611. The Morgan fingerprint density at radius 3 is 2.48 bits per heavy atom. The molecule has 1 aromatic rings. The van der Waals surface area contributed by atoms with Crippen LogP contribution in [0.25, 0.3) is 0 Å². The Balaban J connectivity index is 1.84. The number of guanidine groups is 1. The zero-order chi connectivity index (χ0) is 18.1. The van der Waals surface area contributed by atoms with Crippen LogP contribution in [0.2, 0.25) is 0 Å². The van der Waals surface area contributed by atoms with Crippen LogP contribution in [0, 0.1) is 0 Å². The Hall–Kier alpha value is -1.60. The zero-order valence-corrected chi connectivity index (χ0v) is 15.9. The first-order valence-corrected chi connectivity index (χ1v) is 10.6. The first kappa shape index (κ1) is 19.7. The highest BCUT2D eigenvalue weighted by Crippen LogP contribution is 2.21. The maximum Gasteiger partial charge on any atom is 0.243 e. The standard InChI is InChI=1S/C18H30N4O2S/c1-2-3-4-5-12-20-18(19)21-15-16-8-10-17(11-9-16)25(23,24)22-13-6-7-14-22/h8-11H,2-7,12-15H2,1H3,(H3,19,20,21). The predicted octanol–water partition coefficient (Wildman–Crippen LogP) is 2.46. The molecule has 0 aliphatic carbocycles. The fourth-order valence-electron chi connectivity index (χ4n) is 2.84. The van der Waals surface area contributed by atoms with Gasteiger partial charge < -0.3 is 11.1 Å². The van der Waals surface area contributed by atoms with E-state index in [1.807, 2.05) is 0 Å². The van der Waals surface area contributed by atoms with Crippen LogP contribution >= 0.6 is 0 Å². The summed E-state index contributed by atoms with van der Waals surface area (Å²) in [7, 11) is -3.35. The Labute approximate surface area is 151 Å². The van der Waals surface area contributed by atoms with Crippen LogP contribution in [-0.2, 0) is 16.6 Å². The van der Waals surface area contributed by atoms with Crippen LogP contribution in [0.1, 0.15) is 51.0 Å². The molecule has 0 radical (unpaired) electrons. The quantitative estimate of drug-likeness (QED) is 0.399. The second kappa shape index (κ2) is 9.77. The number of nitrogens with one attached hydrogen (secondary N) is 1. The summed E-state index contributed by atoms with van der Waals surface area (Å²) in [4.78, 5) is 4.66. The molecule has 0 unspecified atom stereocenters. The summed E-state index contributed by atoms with van der Waals surface area (Å²) in [5.41, 5.74) is 6.80. The molecule has 0 aromatic heterocycles. The van der Waals surface area contributed by atoms with E-state index in [1.165, 1.54) is 19.3 Å². The zero-order valence-electron chi connectivity index (χ0n) is 15.1. The number of nitrogens with zero attached hydrogens (tertiary/aromatic N) is 2. The molecule has 1 heterocycles. The van der Waals surface area contributed by atoms with Crippen molar-refractivity contribution in [3.63, 3.8) is 0 Å². The number of hydrogen-bond donors (Lipinski definition) is 2. The normalized spacial score (nSPS) is 16.3. The van der Waals surface area contributed by atoms with E-state index in [4.69, 9.17) is 5.73 Å². The molecule has 0 spiro atoms. The molecule has 2 rings (SSSR count). The van der Waals surface area contributed by atoms with Crippen molar-refractivity contribution in [2.24, 2.45) is 10.7 Å². The van der Waals surface area contributed by atoms with Crippen LogP contribution in [0.15, 0.2) is 34.2 Å². The van der Waals surface area contributed by atoms with Gasteiger partial charge in [-0.2, -0.15) is 4.31 Å². The summed E-state index contributed by atoms with van der Waals surface area (Å²) in [6.07, 6.45) is 6.63. The van der Waals surface area contributed by atoms with Crippen LogP contribution < -0.4 is 11.1 Å². The minimum atomic E-state index is -3.35. The van der Waals surface area contributed by atoms with Crippen molar-refractivity contribution < 1.29 is 8.42 Å². The number of benzene rings is 1. The predicted molar refractivity (Wildman–Crippen MR) is 102 cm³/mol. The Kier molecular flexibility index (Phi) is 7.71. The second-order valence-electron chi connectivity index (χ2n) is 6.44. The molecule has 0 bridgehead atoms. The molecular weight excluding hydrogens is 336 g/mol. The van der Waals surface area contributed by atoms with Gasteiger partial charge in [-0.15, -0.1) is 0 Å². The van der Waals surface area contributed by atoms with Crippen molar-refractivity contribution in [3.8, 4) is 0 Å². The Bertz CT molecular complexity index is 650. The fourth-order valence-corrected chi connectivity index (χ4v) is 4.36. The topological polar surface area (TPSA) is 87.8 Å². The molecule has 3 N–H and O–H groups in total. The highest BCUT2D eigenvalue weighted by atomic mass is 32.2. The highest BCUT2D eigenvalue weighted by Gasteiger charge is 2.26. The van der Waals surface area contributed by atoms with E-state index < -0.39 is 10.0 Å². The van der Waals surface area contributed by atoms with Gasteiger partial charge in [-0.25, -0.2) is 13.4 Å². The largest absolute Gasteiger partial charge is 0.370 e. The van der Waals surface area contributed by atoms with Gasteiger partial charge >= 0.3 is 0 Å². The van der Waals surface area contributed by atoms with E-state index in [0.717, 1.165) is 31.4 Å². The lowest BCUT2D eigenvalue weighted by molar-refractivity contribution is 0.477. The van der Waals surface area contributed by atoms with Crippen LogP contribution in [0.3, 0.4) is 0 Å². The highest BCUT2D eigenvalue weighted by molar-refractivity contribution is 7.89. The van der Waals surface area contributed by atoms with E-state index in [-0.39, 0.29) is 0 Å². The van der Waals surface area contributed by atoms with Crippen LogP contribution in [-0.4, -0.2) is 38.3 Å². The van der Waals surface area contributed by atoms with Crippen molar-refractivity contribution in [2.45, 2.75) is 56.9 Å². The monoisotopic (exact) mass is 366 g/mol. The molecular formula is C18H30N4O2S. The lowest BCUT2D eigenvalue weighted by Gasteiger charge is -2.15. The summed E-state index contributed by atoms with van der Waals surface area (Å²) >= 11 is 0. The average Bonchev–Trinajstić information content (AvgIpc) is 3.16. The third-order valence-corrected chi connectivity index (χ3v) is 6.31. The lowest BCUT2D eigenvalue weighted by Crippen LogP contribution is -2.32. The van der Waals surface area contributed by atoms with Gasteiger partial charge in [-0.1, -0.05) is 38.3 Å². The first-order chi connectivity index (χ1) is 12.0. The Morgan fingerprint density at radius 2 is 1.84 bits per heavy atom. The number of unbranched alkanes of at least 4 members (excludes halogenated alkanes) is 3. The molecule has 1 aromatic carbocycles. The van der Waals surface area contributed by atoms with Crippen molar-refractivity contribution in [2.75, 3.05) is 19.6 Å². The number of sulfonamides is 1. The van der Waals surface area contributed by atoms with Gasteiger partial charge in [0, 0.05) is 19.6 Å². The SMILES string of the molecule is CCCCCCNC(N)=NCc1ccc(S(=O)(=O)N2CCCC2)cc1. The van der Waals surface area contributed by atoms with Gasteiger partial charge in [0.25, 0.3) is 0 Å². The van der Waals surface area contributed by atoms with Gasteiger partial charge in [0.15, 0.2) is 5.96 Å². The molecule has 140 valence electrons. The molecule has 6 nitrogen and oxygen atoms in total. The van der Waals surface area contributed by atoms with E-state index in [1.54, 1.807) is 28.6 Å². The summed E-state index contributed by atoms with van der Waals surface area (Å²) < 4.78 is 26.5. The minimum absolute atomic E-state index is 0.351. The number of rotatable bonds is 9. The summed E-state index contributed by atoms with van der Waals surface area (Å²) in [5.74, 6) is 0.435. The van der Waals surface area contributed by atoms with Gasteiger partial charge in [0.2, 0.25) is 10.0 Å². The van der Waals surface area contributed by atoms with Crippen molar-refractivity contribution in [3.05, 3.63) is 29.8 Å². The first-order valence-electron chi connectivity index (χ1n) is 9.17. The second-order valence-corrected chi connectivity index (χ2v) is 8.38. The van der Waals surface area contributed by atoms with Gasteiger partial charge in [0.05, 0.1) is 11.4 Å². The maximum absolute atomic E-state index is 12.5. The molecule has 7 heteroatoms. The van der Waals surface area contributed by atoms with Crippen molar-refractivity contribution >= 4 is 16.0 Å². The van der Waals surface area contributed by atoms with E-state index in [2.05, 4.69) is 17.2 Å². The Morgan fingerprint density at radius 1 is 1.16 bits per heavy atom. The van der Waals surface area contributed by atoms with E-state index in [0.29, 0.717) is 30.5 Å². The smallest absolute Gasteiger partial charge is 0.243 e. The molecule has 25 heavy (non-hydrogen) atoms. The number of hydrogen-bond acceptors (Lipinski definition) is 3. The molecule has 1 saturated heterocycles. The maximum atomic E-state index is 12.5. The minimum Gasteiger partial charge on any atom is -0.370 e. The molecule has 0 atom stereocenters. The average molecular weight is 367 g/mol. The number of aliphatic imine (C=N–C) groups is 1. The summed E-state index contributed by atoms with van der Waals surface area (Å²) in [6, 6.07) is 6.93. The summed E-state index contributed by atoms with van der Waals surface area (Å²) in [5, 5.41) is 3.11. The van der Waals surface area contributed by atoms with Crippen LogP contribution in [0.5, 0.6) is 0 Å². The third kappa shape index (κ3) is 6.01. The summed E-state index contributed by atoms with van der Waals surface area (Å²) in [6.45, 7) is 4.70. The molecule has 0 amide bonds. The third-order valence-electron chi connectivity index (χ3n) is 4.39. The van der Waals surface area contributed by atoms with Crippen molar-refractivity contribution in [1.29, 1.82) is 0 Å².